The van der Waals surface area contributed by atoms with Crippen LogP contribution >= 0.6 is 11.8 Å². The Balaban J connectivity index is 2.03. The largest absolute Gasteiger partial charge is 0.363 e. The molecule has 2 heterocycles. The Labute approximate surface area is 111 Å². The first-order valence-corrected chi connectivity index (χ1v) is 7.19. The summed E-state index contributed by atoms with van der Waals surface area (Å²) in [6.07, 6.45) is 3.71. The number of hydrogen-bond donors (Lipinski definition) is 1. The number of aromatic nitrogens is 1. The van der Waals surface area contributed by atoms with Crippen LogP contribution in [0.3, 0.4) is 0 Å². The number of nitrogens with one attached hydrogen (secondary N) is 1. The number of aryl methyl sites for hydroxylation is 1. The first kappa shape index (κ1) is 13.1. The Bertz CT molecular complexity index is 433. The van der Waals surface area contributed by atoms with Crippen molar-refractivity contribution in [2.75, 3.05) is 17.6 Å². The van der Waals surface area contributed by atoms with E-state index in [1.807, 2.05) is 18.7 Å². The molecule has 0 bridgehead atoms. The fourth-order valence-corrected chi connectivity index (χ4v) is 3.24. The molecule has 1 aliphatic heterocycles. The monoisotopic (exact) mass is 267 g/mol. The molecular weight excluding hydrogens is 250 g/mol. The lowest BCUT2D eigenvalue weighted by Gasteiger charge is -2.21. The molecule has 0 spiro atoms. The van der Waals surface area contributed by atoms with Gasteiger partial charge in [-0.05, 0) is 31.6 Å². The standard InChI is InChI=1S/C12H17N3O2S/c1-9-5-6-11(15(16)17)12(14-9)13-8-10-4-2-3-7-18-10/h5-6,10H,2-4,7-8H2,1H3,(H,13,14). The van der Waals surface area contributed by atoms with Crippen LogP contribution in [0, 0.1) is 17.0 Å². The molecular formula is C12H17N3O2S. The Morgan fingerprint density at radius 1 is 1.56 bits per heavy atom. The smallest absolute Gasteiger partial charge is 0.311 e. The summed E-state index contributed by atoms with van der Waals surface area (Å²) < 4.78 is 0. The lowest BCUT2D eigenvalue weighted by atomic mass is 10.2. The minimum absolute atomic E-state index is 0.0569. The van der Waals surface area contributed by atoms with Crippen molar-refractivity contribution in [1.82, 2.24) is 4.98 Å². The fourth-order valence-electron chi connectivity index (χ4n) is 2.01. The highest BCUT2D eigenvalue weighted by Crippen LogP contribution is 2.27. The third kappa shape index (κ3) is 3.35. The first-order chi connectivity index (χ1) is 8.66. The molecule has 1 aromatic heterocycles. The van der Waals surface area contributed by atoms with Crippen LogP contribution in [-0.2, 0) is 0 Å². The molecule has 1 atom stereocenters. The maximum absolute atomic E-state index is 10.9. The zero-order chi connectivity index (χ0) is 13.0. The van der Waals surface area contributed by atoms with E-state index in [9.17, 15) is 10.1 Å². The van der Waals surface area contributed by atoms with E-state index in [4.69, 9.17) is 0 Å². The molecule has 0 aliphatic carbocycles. The number of nitro groups is 1. The van der Waals surface area contributed by atoms with Crippen LogP contribution in [0.15, 0.2) is 12.1 Å². The Hall–Kier alpha value is -1.30. The Morgan fingerprint density at radius 2 is 2.39 bits per heavy atom. The summed E-state index contributed by atoms with van der Waals surface area (Å²) in [5, 5.41) is 14.6. The summed E-state index contributed by atoms with van der Waals surface area (Å²) in [6, 6.07) is 3.18. The van der Waals surface area contributed by atoms with E-state index in [0.717, 1.165) is 12.2 Å². The lowest BCUT2D eigenvalue weighted by Crippen LogP contribution is -2.21. The van der Waals surface area contributed by atoms with Crippen molar-refractivity contribution >= 4 is 23.3 Å². The number of thioether (sulfide) groups is 1. The molecule has 0 amide bonds. The van der Waals surface area contributed by atoms with E-state index in [1.54, 1.807) is 6.07 Å². The number of rotatable bonds is 4. The molecule has 1 saturated heterocycles. The Kier molecular flexibility index (Phi) is 4.41. The van der Waals surface area contributed by atoms with Gasteiger partial charge in [0.15, 0.2) is 0 Å². The van der Waals surface area contributed by atoms with Crippen molar-refractivity contribution in [1.29, 1.82) is 0 Å². The number of anilines is 1. The molecule has 0 radical (unpaired) electrons. The predicted octanol–water partition coefficient (Wildman–Crippen LogP) is 3.00. The second kappa shape index (κ2) is 6.04. The van der Waals surface area contributed by atoms with Crippen LogP contribution in [0.4, 0.5) is 11.5 Å². The summed E-state index contributed by atoms with van der Waals surface area (Å²) in [5.41, 5.74) is 0.848. The van der Waals surface area contributed by atoms with Gasteiger partial charge in [0, 0.05) is 23.6 Å². The maximum atomic E-state index is 10.9. The average molecular weight is 267 g/mol. The van der Waals surface area contributed by atoms with E-state index in [2.05, 4.69) is 10.3 Å². The minimum Gasteiger partial charge on any atom is -0.363 e. The molecule has 1 fully saturated rings. The fraction of sp³-hybridized carbons (Fsp3) is 0.583. The highest BCUT2D eigenvalue weighted by molar-refractivity contribution is 7.99. The van der Waals surface area contributed by atoms with Gasteiger partial charge in [0.1, 0.15) is 0 Å². The van der Waals surface area contributed by atoms with Crippen LogP contribution in [0.25, 0.3) is 0 Å². The van der Waals surface area contributed by atoms with Crippen LogP contribution in [0.1, 0.15) is 25.0 Å². The summed E-state index contributed by atoms with van der Waals surface area (Å²) in [5.74, 6) is 1.58. The van der Waals surface area contributed by atoms with E-state index >= 15 is 0 Å². The van der Waals surface area contributed by atoms with Gasteiger partial charge in [-0.3, -0.25) is 10.1 Å². The summed E-state index contributed by atoms with van der Waals surface area (Å²) in [6.45, 7) is 2.59. The quantitative estimate of drug-likeness (QED) is 0.671. The molecule has 2 rings (SSSR count). The first-order valence-electron chi connectivity index (χ1n) is 6.14. The van der Waals surface area contributed by atoms with Crippen molar-refractivity contribution in [3.05, 3.63) is 27.9 Å². The van der Waals surface area contributed by atoms with E-state index in [0.29, 0.717) is 11.1 Å². The second-order valence-electron chi connectivity index (χ2n) is 4.45. The minimum atomic E-state index is -0.386. The molecule has 0 saturated carbocycles. The highest BCUT2D eigenvalue weighted by Gasteiger charge is 2.18. The Morgan fingerprint density at radius 3 is 3.06 bits per heavy atom. The molecule has 1 aromatic rings. The molecule has 1 aliphatic rings. The summed E-state index contributed by atoms with van der Waals surface area (Å²) in [4.78, 5) is 14.7. The van der Waals surface area contributed by atoms with E-state index < -0.39 is 0 Å². The van der Waals surface area contributed by atoms with Gasteiger partial charge >= 0.3 is 5.69 Å². The zero-order valence-electron chi connectivity index (χ0n) is 10.4. The van der Waals surface area contributed by atoms with Gasteiger partial charge in [-0.1, -0.05) is 6.42 Å². The maximum Gasteiger partial charge on any atom is 0.311 e. The molecule has 0 aromatic carbocycles. The van der Waals surface area contributed by atoms with Crippen LogP contribution in [0.5, 0.6) is 0 Å². The third-order valence-corrected chi connectivity index (χ3v) is 4.38. The average Bonchev–Trinajstić information content (AvgIpc) is 2.37. The van der Waals surface area contributed by atoms with Crippen LogP contribution < -0.4 is 5.32 Å². The lowest BCUT2D eigenvalue weighted by molar-refractivity contribution is -0.384. The van der Waals surface area contributed by atoms with Gasteiger partial charge in [-0.25, -0.2) is 4.98 Å². The van der Waals surface area contributed by atoms with Gasteiger partial charge in [0.2, 0.25) is 5.82 Å². The molecule has 18 heavy (non-hydrogen) atoms. The highest BCUT2D eigenvalue weighted by atomic mass is 32.2. The topological polar surface area (TPSA) is 68.1 Å². The van der Waals surface area contributed by atoms with Gasteiger partial charge in [0.05, 0.1) is 4.92 Å². The van der Waals surface area contributed by atoms with E-state index in [-0.39, 0.29) is 10.6 Å². The normalized spacial score (nSPS) is 19.5. The van der Waals surface area contributed by atoms with Crippen molar-refractivity contribution in [3.8, 4) is 0 Å². The van der Waals surface area contributed by atoms with Crippen molar-refractivity contribution in [2.24, 2.45) is 0 Å². The predicted molar refractivity (Wildman–Crippen MR) is 74.2 cm³/mol. The van der Waals surface area contributed by atoms with Crippen LogP contribution in [-0.4, -0.2) is 27.5 Å². The molecule has 1 unspecified atom stereocenters. The number of pyridine rings is 1. The molecule has 6 heteroatoms. The number of nitrogens with zero attached hydrogens (tertiary/aromatic N) is 2. The molecule has 98 valence electrons. The van der Waals surface area contributed by atoms with Gasteiger partial charge in [-0.15, -0.1) is 0 Å². The zero-order valence-corrected chi connectivity index (χ0v) is 11.2. The SMILES string of the molecule is Cc1ccc([N+](=O)[O-])c(NCC2CCCCS2)n1. The van der Waals surface area contributed by atoms with Gasteiger partial charge in [0.25, 0.3) is 0 Å². The van der Waals surface area contributed by atoms with Gasteiger partial charge < -0.3 is 5.32 Å². The molecule has 5 nitrogen and oxygen atoms in total. The van der Waals surface area contributed by atoms with Crippen molar-refractivity contribution < 1.29 is 4.92 Å². The van der Waals surface area contributed by atoms with Crippen molar-refractivity contribution in [2.45, 2.75) is 31.4 Å². The third-order valence-electron chi connectivity index (χ3n) is 2.98. The summed E-state index contributed by atoms with van der Waals surface area (Å²) >= 11 is 1.94. The van der Waals surface area contributed by atoms with Gasteiger partial charge in [-0.2, -0.15) is 11.8 Å². The van der Waals surface area contributed by atoms with E-state index in [1.165, 1.54) is 31.1 Å². The summed E-state index contributed by atoms with van der Waals surface area (Å²) in [7, 11) is 0. The van der Waals surface area contributed by atoms with Crippen molar-refractivity contribution in [3.63, 3.8) is 0 Å². The second-order valence-corrected chi connectivity index (χ2v) is 5.86. The molecule has 1 N–H and O–H groups in total. The number of hydrogen-bond acceptors (Lipinski definition) is 5. The van der Waals surface area contributed by atoms with Crippen LogP contribution in [0.2, 0.25) is 0 Å².